The summed E-state index contributed by atoms with van der Waals surface area (Å²) in [5.41, 5.74) is 6.53. The molecule has 2 N–H and O–H groups in total. The molecule has 1 aliphatic rings. The summed E-state index contributed by atoms with van der Waals surface area (Å²) < 4.78 is 38.2. The number of nitrogens with two attached hydrogens (primary N) is 1. The van der Waals surface area contributed by atoms with Gasteiger partial charge in [0.25, 0.3) is 0 Å². The largest absolute Gasteiger partial charge is 0.416 e. The Morgan fingerprint density at radius 3 is 2.65 bits per heavy atom. The van der Waals surface area contributed by atoms with Crippen LogP contribution in [0.5, 0.6) is 0 Å². The fourth-order valence-corrected chi connectivity index (χ4v) is 3.16. The van der Waals surface area contributed by atoms with Crippen LogP contribution in [0.1, 0.15) is 34.9 Å². The van der Waals surface area contributed by atoms with E-state index in [9.17, 15) is 13.2 Å². The highest BCUT2D eigenvalue weighted by Gasteiger charge is 2.32. The van der Waals surface area contributed by atoms with Crippen LogP contribution >= 0.6 is 11.3 Å². The minimum absolute atomic E-state index is 0.391. The van der Waals surface area contributed by atoms with Gasteiger partial charge in [0.15, 0.2) is 0 Å². The van der Waals surface area contributed by atoms with Gasteiger partial charge in [-0.25, -0.2) is 4.98 Å². The lowest BCUT2D eigenvalue weighted by molar-refractivity contribution is -0.137. The third-order valence-electron chi connectivity index (χ3n) is 3.31. The van der Waals surface area contributed by atoms with Crippen LogP contribution in [0.25, 0.3) is 10.6 Å². The number of aromatic nitrogens is 1. The standard InChI is InChI=1S/C14H13F3N2S/c15-14(16,17)10-3-1-2-9(6-10)13-19-12(8-4-5-8)11(7-18)20-13/h1-3,6,8H,4-5,7,18H2. The van der Waals surface area contributed by atoms with Crippen molar-refractivity contribution in [3.63, 3.8) is 0 Å². The molecule has 0 atom stereocenters. The molecule has 1 aromatic carbocycles. The predicted octanol–water partition coefficient (Wildman–Crippen LogP) is 4.17. The van der Waals surface area contributed by atoms with E-state index >= 15 is 0 Å². The maximum absolute atomic E-state index is 12.7. The Morgan fingerprint density at radius 2 is 2.05 bits per heavy atom. The number of nitrogens with zero attached hydrogens (tertiary/aromatic N) is 1. The average Bonchev–Trinajstić information content (AvgIpc) is 3.17. The summed E-state index contributed by atoms with van der Waals surface area (Å²) >= 11 is 1.40. The van der Waals surface area contributed by atoms with Gasteiger partial charge >= 0.3 is 6.18 Å². The van der Waals surface area contributed by atoms with E-state index in [4.69, 9.17) is 5.73 Å². The Balaban J connectivity index is 2.00. The maximum Gasteiger partial charge on any atom is 0.416 e. The second-order valence-corrected chi connectivity index (χ2v) is 5.97. The molecule has 1 saturated carbocycles. The smallest absolute Gasteiger partial charge is 0.326 e. The Bertz CT molecular complexity index is 630. The molecule has 6 heteroatoms. The number of alkyl halides is 3. The zero-order valence-corrected chi connectivity index (χ0v) is 11.4. The summed E-state index contributed by atoms with van der Waals surface area (Å²) in [6.07, 6.45) is -2.14. The van der Waals surface area contributed by atoms with Crippen LogP contribution in [0.2, 0.25) is 0 Å². The molecule has 2 aromatic rings. The Kier molecular flexibility index (Phi) is 3.30. The topological polar surface area (TPSA) is 38.9 Å². The molecule has 0 saturated heterocycles. The fraction of sp³-hybridized carbons (Fsp3) is 0.357. The number of rotatable bonds is 3. The van der Waals surface area contributed by atoms with E-state index in [2.05, 4.69) is 4.98 Å². The number of hydrogen-bond acceptors (Lipinski definition) is 3. The SMILES string of the molecule is NCc1sc(-c2cccc(C(F)(F)F)c2)nc1C1CC1. The van der Waals surface area contributed by atoms with Crippen molar-refractivity contribution in [3.05, 3.63) is 40.4 Å². The Morgan fingerprint density at radius 1 is 1.30 bits per heavy atom. The molecule has 1 fully saturated rings. The minimum atomic E-state index is -4.33. The molecule has 0 amide bonds. The van der Waals surface area contributed by atoms with Crippen molar-refractivity contribution >= 4 is 11.3 Å². The van der Waals surface area contributed by atoms with E-state index in [0.29, 0.717) is 23.0 Å². The third kappa shape index (κ3) is 2.58. The van der Waals surface area contributed by atoms with Crippen LogP contribution in [0, 0.1) is 0 Å². The van der Waals surface area contributed by atoms with Crippen molar-refractivity contribution in [2.24, 2.45) is 5.73 Å². The first-order valence-corrected chi connectivity index (χ1v) is 7.18. The van der Waals surface area contributed by atoms with E-state index in [0.717, 1.165) is 35.5 Å². The monoisotopic (exact) mass is 298 g/mol. The van der Waals surface area contributed by atoms with Gasteiger partial charge in [-0.2, -0.15) is 13.2 Å². The van der Waals surface area contributed by atoms with Gasteiger partial charge in [0, 0.05) is 22.9 Å². The van der Waals surface area contributed by atoms with Crippen molar-refractivity contribution in [1.29, 1.82) is 0 Å². The van der Waals surface area contributed by atoms with Crippen LogP contribution in [-0.2, 0) is 12.7 Å². The van der Waals surface area contributed by atoms with Crippen molar-refractivity contribution in [2.45, 2.75) is 31.5 Å². The van der Waals surface area contributed by atoms with Crippen LogP contribution < -0.4 is 5.73 Å². The van der Waals surface area contributed by atoms with E-state index in [1.165, 1.54) is 17.4 Å². The van der Waals surface area contributed by atoms with Gasteiger partial charge in [0.2, 0.25) is 0 Å². The van der Waals surface area contributed by atoms with Crippen molar-refractivity contribution in [1.82, 2.24) is 4.98 Å². The molecule has 106 valence electrons. The second kappa shape index (κ2) is 4.86. The summed E-state index contributed by atoms with van der Waals surface area (Å²) in [6, 6.07) is 5.29. The molecular formula is C14H13F3N2S. The molecule has 20 heavy (non-hydrogen) atoms. The lowest BCUT2D eigenvalue weighted by atomic mass is 10.1. The lowest BCUT2D eigenvalue weighted by Gasteiger charge is -2.07. The van der Waals surface area contributed by atoms with Crippen LogP contribution in [-0.4, -0.2) is 4.98 Å². The zero-order valence-electron chi connectivity index (χ0n) is 10.6. The van der Waals surface area contributed by atoms with Crippen molar-refractivity contribution in [2.75, 3.05) is 0 Å². The highest BCUT2D eigenvalue weighted by atomic mass is 32.1. The molecule has 2 nitrogen and oxygen atoms in total. The fourth-order valence-electron chi connectivity index (χ4n) is 2.14. The molecule has 0 unspecified atom stereocenters. The van der Waals surface area contributed by atoms with E-state index in [1.807, 2.05) is 0 Å². The maximum atomic E-state index is 12.7. The molecule has 0 radical (unpaired) electrons. The average molecular weight is 298 g/mol. The molecule has 0 spiro atoms. The highest BCUT2D eigenvalue weighted by Crippen LogP contribution is 2.44. The van der Waals surface area contributed by atoms with Gasteiger partial charge in [0.05, 0.1) is 11.3 Å². The van der Waals surface area contributed by atoms with Gasteiger partial charge in [-0.1, -0.05) is 12.1 Å². The van der Waals surface area contributed by atoms with E-state index in [1.54, 1.807) is 6.07 Å². The molecule has 0 bridgehead atoms. The van der Waals surface area contributed by atoms with Gasteiger partial charge in [-0.05, 0) is 25.0 Å². The van der Waals surface area contributed by atoms with Gasteiger partial charge in [-0.3, -0.25) is 0 Å². The summed E-state index contributed by atoms with van der Waals surface area (Å²) in [7, 11) is 0. The number of halogens is 3. The molecular weight excluding hydrogens is 285 g/mol. The van der Waals surface area contributed by atoms with Gasteiger partial charge in [0.1, 0.15) is 5.01 Å². The van der Waals surface area contributed by atoms with Crippen LogP contribution in [0.3, 0.4) is 0 Å². The lowest BCUT2D eigenvalue weighted by Crippen LogP contribution is -2.04. The molecule has 1 aliphatic carbocycles. The number of thiazole rings is 1. The van der Waals surface area contributed by atoms with Crippen molar-refractivity contribution in [3.8, 4) is 10.6 Å². The quantitative estimate of drug-likeness (QED) is 0.924. The Hall–Kier alpha value is -1.40. The van der Waals surface area contributed by atoms with Crippen molar-refractivity contribution < 1.29 is 13.2 Å². The zero-order chi connectivity index (χ0) is 14.3. The predicted molar refractivity (Wildman–Crippen MR) is 72.4 cm³/mol. The molecule has 1 heterocycles. The van der Waals surface area contributed by atoms with Gasteiger partial charge < -0.3 is 5.73 Å². The molecule has 3 rings (SSSR count). The third-order valence-corrected chi connectivity index (χ3v) is 4.46. The first-order chi connectivity index (χ1) is 9.49. The first kappa shape index (κ1) is 13.6. The first-order valence-electron chi connectivity index (χ1n) is 6.36. The highest BCUT2D eigenvalue weighted by molar-refractivity contribution is 7.15. The summed E-state index contributed by atoms with van der Waals surface area (Å²) in [5, 5.41) is 0.624. The second-order valence-electron chi connectivity index (χ2n) is 4.88. The minimum Gasteiger partial charge on any atom is -0.326 e. The normalized spacial score (nSPS) is 15.6. The Labute approximate surface area is 118 Å². The summed E-state index contributed by atoms with van der Waals surface area (Å²) in [6.45, 7) is 0.391. The number of benzene rings is 1. The van der Waals surface area contributed by atoms with Crippen LogP contribution in [0.15, 0.2) is 24.3 Å². The van der Waals surface area contributed by atoms with Crippen LogP contribution in [0.4, 0.5) is 13.2 Å². The van der Waals surface area contributed by atoms with Gasteiger partial charge in [-0.15, -0.1) is 11.3 Å². The van der Waals surface area contributed by atoms with E-state index < -0.39 is 11.7 Å². The summed E-state index contributed by atoms with van der Waals surface area (Å²) in [5.74, 6) is 0.448. The molecule has 0 aliphatic heterocycles. The summed E-state index contributed by atoms with van der Waals surface area (Å²) in [4.78, 5) is 5.49. The van der Waals surface area contributed by atoms with E-state index in [-0.39, 0.29) is 0 Å². The number of hydrogen-bond donors (Lipinski definition) is 1. The molecule has 1 aromatic heterocycles.